The van der Waals surface area contributed by atoms with Crippen molar-refractivity contribution in [1.29, 1.82) is 0 Å². The van der Waals surface area contributed by atoms with Crippen LogP contribution in [0, 0.1) is 0 Å². The third kappa shape index (κ3) is 8.47. The van der Waals surface area contributed by atoms with Gasteiger partial charge in [-0.3, -0.25) is 5.04 Å². The molecule has 4 aromatic carbocycles. The second-order valence-corrected chi connectivity index (χ2v) is 10.4. The van der Waals surface area contributed by atoms with E-state index in [0.717, 1.165) is 12.1 Å². The van der Waals surface area contributed by atoms with E-state index in [1.54, 1.807) is 60.7 Å². The third-order valence-corrected chi connectivity index (χ3v) is 6.91. The minimum absolute atomic E-state index is 0. The van der Waals surface area contributed by atoms with Crippen molar-refractivity contribution in [3.8, 4) is 11.8 Å². The quantitative estimate of drug-likeness (QED) is 0.0347. The summed E-state index contributed by atoms with van der Waals surface area (Å²) in [5, 5.41) is 49.2. The number of benzene rings is 4. The van der Waals surface area contributed by atoms with E-state index in [4.69, 9.17) is 0 Å². The molecule has 15 nitrogen and oxygen atoms in total. The van der Waals surface area contributed by atoms with Crippen LogP contribution in [0.2, 0.25) is 0 Å². The standard InChI is InChI=1S/C25H19N7O8S2.2Li/c33-22-20-14(12-19(41-40-39-35)21(22)32-31-16-9-5-2-6-10-16)11-17(42(36,37)38)13-18(20)27-24-28-23(29-25(34)30-24)26-15-7-3-1-4-8-15;;/h1-13,33,35H,(H,36,37,38)(H3,26,27,28,29,30,34);;/q;2*+1/p-2. The number of nitrogens with zero attached hydrogens (tertiary/aromatic N) is 5. The predicted octanol–water partition coefficient (Wildman–Crippen LogP) is -1.52. The first-order valence-electron chi connectivity index (χ1n) is 11.6. The van der Waals surface area contributed by atoms with Crippen molar-refractivity contribution < 1.29 is 75.5 Å². The van der Waals surface area contributed by atoms with Gasteiger partial charge in [0.15, 0.2) is 5.75 Å². The van der Waals surface area contributed by atoms with Crippen LogP contribution in [0.3, 0.4) is 0 Å². The van der Waals surface area contributed by atoms with Gasteiger partial charge in [0.1, 0.15) is 15.8 Å². The van der Waals surface area contributed by atoms with E-state index in [2.05, 4.69) is 45.2 Å². The smallest absolute Gasteiger partial charge is 0.744 e. The van der Waals surface area contributed by atoms with Crippen LogP contribution in [0.15, 0.2) is 98.9 Å². The maximum absolute atomic E-state index is 12.0. The number of fused-ring (bicyclic) bond motifs is 1. The molecule has 214 valence electrons. The molecule has 5 aromatic rings. The summed E-state index contributed by atoms with van der Waals surface area (Å²) in [6, 6.07) is 19.9. The fourth-order valence-corrected chi connectivity index (χ4v) is 4.79. The molecule has 0 aliphatic rings. The molecule has 0 saturated heterocycles. The number of hydrogen-bond acceptors (Lipinski definition) is 16. The number of phenols is 1. The number of rotatable bonds is 10. The molecule has 5 rings (SSSR count). The molecule has 0 radical (unpaired) electrons. The number of azo groups is 1. The minimum Gasteiger partial charge on any atom is -0.744 e. The van der Waals surface area contributed by atoms with E-state index in [-0.39, 0.29) is 76.7 Å². The summed E-state index contributed by atoms with van der Waals surface area (Å²) in [7, 11) is -5.01. The van der Waals surface area contributed by atoms with E-state index < -0.39 is 26.8 Å². The van der Waals surface area contributed by atoms with Gasteiger partial charge in [-0.15, -0.1) is 5.11 Å². The summed E-state index contributed by atoms with van der Waals surface area (Å²) in [5.74, 6) is -0.873. The van der Waals surface area contributed by atoms with Gasteiger partial charge in [-0.2, -0.15) is 24.4 Å². The van der Waals surface area contributed by atoms with Crippen molar-refractivity contribution in [3.05, 3.63) is 78.9 Å². The topological polar surface area (TPSA) is 227 Å². The van der Waals surface area contributed by atoms with Crippen LogP contribution in [0.1, 0.15) is 0 Å². The van der Waals surface area contributed by atoms with Crippen LogP contribution >= 0.6 is 12.0 Å². The molecule has 0 atom stereocenters. The summed E-state index contributed by atoms with van der Waals surface area (Å²) in [6.45, 7) is 0. The van der Waals surface area contributed by atoms with Crippen molar-refractivity contribution in [1.82, 2.24) is 15.0 Å². The second kappa shape index (κ2) is 15.3. The molecule has 1 heterocycles. The maximum Gasteiger partial charge on any atom is 1.00 e. The second-order valence-electron chi connectivity index (χ2n) is 8.25. The summed E-state index contributed by atoms with van der Waals surface area (Å²) in [5.41, 5.74) is 0.696. The first kappa shape index (κ1) is 34.8. The van der Waals surface area contributed by atoms with Crippen molar-refractivity contribution in [2.45, 2.75) is 9.79 Å². The summed E-state index contributed by atoms with van der Waals surface area (Å²) < 4.78 is 40.4. The molecule has 0 bridgehead atoms. The summed E-state index contributed by atoms with van der Waals surface area (Å²) in [4.78, 5) is 11.1. The number of para-hydroxylation sites is 1. The molecule has 0 saturated carbocycles. The van der Waals surface area contributed by atoms with Crippen molar-refractivity contribution in [2.75, 3.05) is 10.6 Å². The Bertz CT molecular complexity index is 1890. The monoisotopic (exact) mass is 621 g/mol. The van der Waals surface area contributed by atoms with Gasteiger partial charge >= 0.3 is 43.7 Å². The zero-order valence-corrected chi connectivity index (χ0v) is 24.5. The maximum atomic E-state index is 12.0. The molecule has 0 spiro atoms. The van der Waals surface area contributed by atoms with Crippen LogP contribution < -0.4 is 53.6 Å². The Kier molecular flexibility index (Phi) is 12.1. The van der Waals surface area contributed by atoms with Crippen molar-refractivity contribution >= 4 is 67.6 Å². The van der Waals surface area contributed by atoms with E-state index in [0.29, 0.717) is 23.4 Å². The van der Waals surface area contributed by atoms with E-state index in [9.17, 15) is 28.4 Å². The Hall–Kier alpha value is -3.72. The molecular weight excluding hydrogens is 604 g/mol. The molecule has 0 amide bonds. The molecule has 0 unspecified atom stereocenters. The van der Waals surface area contributed by atoms with Gasteiger partial charge in [-0.05, 0) is 47.9 Å². The van der Waals surface area contributed by atoms with Gasteiger partial charge in [0, 0.05) is 11.1 Å². The zero-order valence-electron chi connectivity index (χ0n) is 22.9. The molecule has 0 aliphatic carbocycles. The Labute approximate surface area is 278 Å². The first-order chi connectivity index (χ1) is 20.2. The average molecular weight is 621 g/mol. The van der Waals surface area contributed by atoms with Gasteiger partial charge < -0.3 is 30.7 Å². The largest absolute Gasteiger partial charge is 1.00 e. The fraction of sp³-hybridized carbons (Fsp3) is 0. The Morgan fingerprint density at radius 2 is 1.48 bits per heavy atom. The van der Waals surface area contributed by atoms with E-state index >= 15 is 0 Å². The molecule has 0 aliphatic heterocycles. The Morgan fingerprint density at radius 3 is 2.11 bits per heavy atom. The SMILES string of the molecule is O=S(=O)([O-])c1cc(Nc2nc(O)nc(Nc3ccccc3)n2)c2c(O)c(N=Nc3ccccc3)c(SOO[O-])cc2c1.[Li+].[Li+]. The number of hydrogen-bond donors (Lipinski definition) is 4. The number of aromatic hydroxyl groups is 2. The number of aromatic nitrogens is 3. The zero-order chi connectivity index (χ0) is 29.7. The van der Waals surface area contributed by atoms with Crippen LogP contribution in [-0.2, 0) is 19.5 Å². The molecular formula is C25H17Li2N7O8S2. The van der Waals surface area contributed by atoms with Crippen LogP contribution in [0.25, 0.3) is 10.8 Å². The predicted molar refractivity (Wildman–Crippen MR) is 147 cm³/mol. The number of nitrogens with one attached hydrogen (secondary N) is 2. The Morgan fingerprint density at radius 1 is 0.841 bits per heavy atom. The van der Waals surface area contributed by atoms with Crippen molar-refractivity contribution in [2.24, 2.45) is 10.2 Å². The summed E-state index contributed by atoms with van der Waals surface area (Å²) in [6.07, 6.45) is 0. The number of phenolic OH excluding ortho intramolecular Hbond substituents is 1. The van der Waals surface area contributed by atoms with E-state index in [1.807, 2.05) is 0 Å². The van der Waals surface area contributed by atoms with E-state index in [1.165, 1.54) is 6.07 Å². The molecule has 4 N–H and O–H groups in total. The fourth-order valence-electron chi connectivity index (χ4n) is 3.76. The molecule has 1 aromatic heterocycles. The normalized spacial score (nSPS) is 11.1. The van der Waals surface area contributed by atoms with Gasteiger partial charge in [0.25, 0.3) is 0 Å². The van der Waals surface area contributed by atoms with Crippen molar-refractivity contribution in [3.63, 3.8) is 0 Å². The molecule has 44 heavy (non-hydrogen) atoms. The third-order valence-electron chi connectivity index (χ3n) is 5.49. The molecule has 19 heteroatoms. The van der Waals surface area contributed by atoms with Gasteiger partial charge in [0.05, 0.1) is 33.2 Å². The van der Waals surface area contributed by atoms with Gasteiger partial charge in [-0.25, -0.2) is 8.42 Å². The minimum atomic E-state index is -5.01. The van der Waals surface area contributed by atoms with Gasteiger partial charge in [0.2, 0.25) is 11.9 Å². The Balaban J connectivity index is 0.00000264. The van der Waals surface area contributed by atoms with Crippen LogP contribution in [-0.4, -0.2) is 38.1 Å². The van der Waals surface area contributed by atoms with Crippen LogP contribution in [0.4, 0.5) is 34.6 Å². The van der Waals surface area contributed by atoms with Gasteiger partial charge in [-0.1, -0.05) is 36.4 Å². The summed E-state index contributed by atoms with van der Waals surface area (Å²) >= 11 is 0.368. The molecule has 0 fully saturated rings. The first-order valence-corrected chi connectivity index (χ1v) is 13.8. The average Bonchev–Trinajstić information content (AvgIpc) is 2.95. The van der Waals surface area contributed by atoms with Crippen LogP contribution in [0.5, 0.6) is 11.8 Å². The number of anilines is 4.